The van der Waals surface area contributed by atoms with Gasteiger partial charge in [-0.2, -0.15) is 5.10 Å². The van der Waals surface area contributed by atoms with Gasteiger partial charge in [-0.25, -0.2) is 4.52 Å². The lowest BCUT2D eigenvalue weighted by molar-refractivity contribution is 0.0294. The lowest BCUT2D eigenvalue weighted by atomic mass is 10.1. The zero-order valence-corrected chi connectivity index (χ0v) is 9.10. The topological polar surface area (TPSA) is 38.6 Å². The molecule has 1 aliphatic heterocycles. The minimum atomic E-state index is 0.287. The molecular weight excluding hydrogens is 202 g/mol. The molecule has 1 unspecified atom stereocenters. The summed E-state index contributed by atoms with van der Waals surface area (Å²) in [4.78, 5) is 0. The molecule has 1 fully saturated rings. The Hall–Kier alpha value is -1.39. The van der Waals surface area contributed by atoms with Crippen LogP contribution in [0.25, 0.3) is 5.52 Å². The van der Waals surface area contributed by atoms with E-state index in [2.05, 4.69) is 16.5 Å². The zero-order valence-electron chi connectivity index (χ0n) is 9.10. The first-order chi connectivity index (χ1) is 7.93. The Morgan fingerprint density at radius 1 is 1.50 bits per heavy atom. The molecule has 3 heterocycles. The minimum absolute atomic E-state index is 0.287. The highest BCUT2D eigenvalue weighted by atomic mass is 16.5. The first kappa shape index (κ1) is 9.81. The van der Waals surface area contributed by atoms with E-state index in [0.29, 0.717) is 0 Å². The van der Waals surface area contributed by atoms with Crippen molar-refractivity contribution in [3.05, 3.63) is 36.2 Å². The van der Waals surface area contributed by atoms with Gasteiger partial charge in [0.2, 0.25) is 0 Å². The van der Waals surface area contributed by atoms with Crippen LogP contribution in [0.1, 0.15) is 5.56 Å². The van der Waals surface area contributed by atoms with Gasteiger partial charge in [-0.15, -0.1) is 0 Å². The normalized spacial score (nSPS) is 21.4. The van der Waals surface area contributed by atoms with E-state index in [9.17, 15) is 0 Å². The first-order valence-electron chi connectivity index (χ1n) is 5.67. The van der Waals surface area contributed by atoms with Gasteiger partial charge in [0.25, 0.3) is 0 Å². The van der Waals surface area contributed by atoms with Crippen LogP contribution in [0.2, 0.25) is 0 Å². The molecule has 2 aromatic rings. The van der Waals surface area contributed by atoms with Gasteiger partial charge in [0.1, 0.15) is 0 Å². The Bertz CT molecular complexity index is 474. The Balaban J connectivity index is 1.85. The highest BCUT2D eigenvalue weighted by Crippen LogP contribution is 2.14. The Morgan fingerprint density at radius 3 is 3.38 bits per heavy atom. The summed E-state index contributed by atoms with van der Waals surface area (Å²) >= 11 is 0. The van der Waals surface area contributed by atoms with Crippen molar-refractivity contribution < 1.29 is 4.74 Å². The standard InChI is InChI=1S/C12H15N3O/c1-2-10(8-11-9-13-5-7-16-11)12-3-4-14-15(12)6-1/h1-4,6,11,13H,5,7-9H2. The summed E-state index contributed by atoms with van der Waals surface area (Å²) in [5.41, 5.74) is 2.48. The van der Waals surface area contributed by atoms with E-state index >= 15 is 0 Å². The number of aromatic nitrogens is 2. The number of rotatable bonds is 2. The van der Waals surface area contributed by atoms with Gasteiger partial charge < -0.3 is 10.1 Å². The summed E-state index contributed by atoms with van der Waals surface area (Å²) in [7, 11) is 0. The third-order valence-corrected chi connectivity index (χ3v) is 2.98. The van der Waals surface area contributed by atoms with Gasteiger partial charge in [0.05, 0.1) is 18.2 Å². The van der Waals surface area contributed by atoms with Crippen molar-refractivity contribution in [1.29, 1.82) is 0 Å². The maximum atomic E-state index is 5.72. The van der Waals surface area contributed by atoms with Crippen molar-refractivity contribution >= 4 is 5.52 Å². The third-order valence-electron chi connectivity index (χ3n) is 2.98. The van der Waals surface area contributed by atoms with Gasteiger partial charge >= 0.3 is 0 Å². The van der Waals surface area contributed by atoms with E-state index in [4.69, 9.17) is 4.74 Å². The molecule has 2 aromatic heterocycles. The molecule has 0 saturated carbocycles. The van der Waals surface area contributed by atoms with Gasteiger partial charge in [0, 0.05) is 31.9 Å². The number of nitrogens with zero attached hydrogens (tertiary/aromatic N) is 2. The van der Waals surface area contributed by atoms with Crippen molar-refractivity contribution in [3.8, 4) is 0 Å². The lowest BCUT2D eigenvalue weighted by Crippen LogP contribution is -2.39. The van der Waals surface area contributed by atoms with Crippen molar-refractivity contribution in [3.63, 3.8) is 0 Å². The number of hydrogen-bond donors (Lipinski definition) is 1. The van der Waals surface area contributed by atoms with Crippen LogP contribution >= 0.6 is 0 Å². The second-order valence-electron chi connectivity index (χ2n) is 4.10. The second kappa shape index (κ2) is 4.23. The molecule has 1 atom stereocenters. The molecule has 3 rings (SSSR count). The number of ether oxygens (including phenoxy) is 1. The molecule has 0 bridgehead atoms. The van der Waals surface area contributed by atoms with Gasteiger partial charge in [0.15, 0.2) is 0 Å². The number of hydrogen-bond acceptors (Lipinski definition) is 3. The van der Waals surface area contributed by atoms with Crippen LogP contribution in [0, 0.1) is 0 Å². The average molecular weight is 217 g/mol. The van der Waals surface area contributed by atoms with Crippen molar-refractivity contribution in [2.75, 3.05) is 19.7 Å². The molecule has 0 radical (unpaired) electrons. The highest BCUT2D eigenvalue weighted by Gasteiger charge is 2.15. The fraction of sp³-hybridized carbons (Fsp3) is 0.417. The Morgan fingerprint density at radius 2 is 2.50 bits per heavy atom. The molecule has 16 heavy (non-hydrogen) atoms. The number of morpholine rings is 1. The summed E-state index contributed by atoms with van der Waals surface area (Å²) in [5.74, 6) is 0. The van der Waals surface area contributed by atoms with Crippen LogP contribution in [0.3, 0.4) is 0 Å². The Labute approximate surface area is 94.2 Å². The summed E-state index contributed by atoms with van der Waals surface area (Å²) < 4.78 is 7.62. The average Bonchev–Trinajstić information content (AvgIpc) is 2.80. The summed E-state index contributed by atoms with van der Waals surface area (Å²) in [6, 6.07) is 6.23. The third kappa shape index (κ3) is 1.81. The van der Waals surface area contributed by atoms with Crippen LogP contribution in [0.15, 0.2) is 30.6 Å². The largest absolute Gasteiger partial charge is 0.375 e. The lowest BCUT2D eigenvalue weighted by Gasteiger charge is -2.23. The maximum absolute atomic E-state index is 5.72. The first-order valence-corrected chi connectivity index (χ1v) is 5.67. The van der Waals surface area contributed by atoms with Crippen molar-refractivity contribution in [2.24, 2.45) is 0 Å². The molecule has 4 heteroatoms. The molecule has 0 spiro atoms. The van der Waals surface area contributed by atoms with E-state index in [0.717, 1.165) is 26.1 Å². The highest BCUT2D eigenvalue weighted by molar-refractivity contribution is 5.53. The predicted molar refractivity (Wildman–Crippen MR) is 61.5 cm³/mol. The van der Waals surface area contributed by atoms with Crippen molar-refractivity contribution in [1.82, 2.24) is 14.9 Å². The zero-order chi connectivity index (χ0) is 10.8. The van der Waals surface area contributed by atoms with Gasteiger partial charge in [-0.1, -0.05) is 6.07 Å². The molecule has 0 amide bonds. The molecule has 0 aromatic carbocycles. The molecular formula is C12H15N3O. The number of pyridine rings is 1. The molecule has 4 nitrogen and oxygen atoms in total. The summed E-state index contributed by atoms with van der Waals surface area (Å²) in [5, 5.41) is 7.58. The second-order valence-corrected chi connectivity index (χ2v) is 4.10. The van der Waals surface area contributed by atoms with Crippen LogP contribution in [-0.2, 0) is 11.2 Å². The monoisotopic (exact) mass is 217 g/mol. The van der Waals surface area contributed by atoms with Crippen LogP contribution in [0.5, 0.6) is 0 Å². The predicted octanol–water partition coefficient (Wildman–Crippen LogP) is 0.865. The van der Waals surface area contributed by atoms with Crippen LogP contribution < -0.4 is 5.32 Å². The number of nitrogens with one attached hydrogen (secondary N) is 1. The maximum Gasteiger partial charge on any atom is 0.0741 e. The number of fused-ring (bicyclic) bond motifs is 1. The van der Waals surface area contributed by atoms with E-state index in [1.807, 2.05) is 29.0 Å². The SMILES string of the molecule is c1cc(CC2CNCCO2)c2ccnn2c1. The Kier molecular flexibility index (Phi) is 2.60. The molecule has 1 aliphatic rings. The van der Waals surface area contributed by atoms with Crippen molar-refractivity contribution in [2.45, 2.75) is 12.5 Å². The van der Waals surface area contributed by atoms with E-state index in [1.54, 1.807) is 0 Å². The van der Waals surface area contributed by atoms with E-state index in [-0.39, 0.29) is 6.10 Å². The molecule has 1 N–H and O–H groups in total. The smallest absolute Gasteiger partial charge is 0.0741 e. The molecule has 84 valence electrons. The quantitative estimate of drug-likeness (QED) is 0.811. The van der Waals surface area contributed by atoms with E-state index < -0.39 is 0 Å². The van der Waals surface area contributed by atoms with Crippen LogP contribution in [0.4, 0.5) is 0 Å². The summed E-state index contributed by atoms with van der Waals surface area (Å²) in [6.45, 7) is 2.72. The minimum Gasteiger partial charge on any atom is -0.375 e. The fourth-order valence-corrected chi connectivity index (χ4v) is 2.18. The van der Waals surface area contributed by atoms with Crippen LogP contribution in [-0.4, -0.2) is 35.4 Å². The van der Waals surface area contributed by atoms with E-state index in [1.165, 1.54) is 11.1 Å². The summed E-state index contributed by atoms with van der Waals surface area (Å²) in [6.07, 6.45) is 5.04. The van der Waals surface area contributed by atoms with Gasteiger partial charge in [-0.3, -0.25) is 0 Å². The molecule has 0 aliphatic carbocycles. The molecule has 1 saturated heterocycles. The fourth-order valence-electron chi connectivity index (χ4n) is 2.18. The van der Waals surface area contributed by atoms with Gasteiger partial charge in [-0.05, 0) is 17.7 Å².